The predicted molar refractivity (Wildman–Crippen MR) is 168 cm³/mol. The first-order chi connectivity index (χ1) is 19.0. The monoisotopic (exact) mass is 528 g/mol. The van der Waals surface area contributed by atoms with Crippen molar-refractivity contribution in [2.24, 2.45) is 11.8 Å². The highest BCUT2D eigenvalue weighted by molar-refractivity contribution is 5.35. The lowest BCUT2D eigenvalue weighted by Gasteiger charge is -2.40. The Hall–Kier alpha value is -1.64. The van der Waals surface area contributed by atoms with Crippen LogP contribution in [0.1, 0.15) is 118 Å². The molecule has 0 aliphatic heterocycles. The van der Waals surface area contributed by atoms with Crippen molar-refractivity contribution >= 4 is 0 Å². The molecule has 0 saturated heterocycles. The second kappa shape index (κ2) is 13.8. The van der Waals surface area contributed by atoms with Gasteiger partial charge in [-0.1, -0.05) is 93.5 Å². The van der Waals surface area contributed by atoms with E-state index >= 15 is 0 Å². The van der Waals surface area contributed by atoms with Crippen LogP contribution in [0.4, 0.5) is 0 Å². The highest BCUT2D eigenvalue weighted by atomic mass is 15.1. The van der Waals surface area contributed by atoms with Gasteiger partial charge in [-0.25, -0.2) is 0 Å². The molecule has 0 heterocycles. The highest BCUT2D eigenvalue weighted by Crippen LogP contribution is 2.44. The van der Waals surface area contributed by atoms with Crippen molar-refractivity contribution < 1.29 is 0 Å². The van der Waals surface area contributed by atoms with Gasteiger partial charge in [0, 0.05) is 12.1 Å². The summed E-state index contributed by atoms with van der Waals surface area (Å²) in [5.41, 5.74) is 6.58. The van der Waals surface area contributed by atoms with Crippen LogP contribution in [0.3, 0.4) is 0 Å². The van der Waals surface area contributed by atoms with Crippen molar-refractivity contribution in [2.75, 3.05) is 28.2 Å². The van der Waals surface area contributed by atoms with E-state index in [-0.39, 0.29) is 0 Å². The zero-order valence-electron chi connectivity index (χ0n) is 25.6. The molecular formula is C37H56N2. The fraction of sp³-hybridized carbons (Fsp3) is 0.676. The number of hydrogen-bond acceptors (Lipinski definition) is 2. The van der Waals surface area contributed by atoms with Gasteiger partial charge in [-0.3, -0.25) is 0 Å². The summed E-state index contributed by atoms with van der Waals surface area (Å²) in [6.07, 6.45) is 21.3. The Kier molecular flexibility index (Phi) is 10.2. The second-order valence-electron chi connectivity index (χ2n) is 13.9. The maximum Gasteiger partial charge on any atom is 0.0136 e. The fourth-order valence-electron chi connectivity index (χ4n) is 8.61. The van der Waals surface area contributed by atoms with Gasteiger partial charge in [0.15, 0.2) is 0 Å². The summed E-state index contributed by atoms with van der Waals surface area (Å²) in [5.74, 6) is 3.50. The van der Waals surface area contributed by atoms with E-state index < -0.39 is 0 Å². The quantitative estimate of drug-likeness (QED) is 0.366. The van der Waals surface area contributed by atoms with Crippen molar-refractivity contribution in [1.29, 1.82) is 0 Å². The molecule has 4 aliphatic carbocycles. The average molecular weight is 529 g/mol. The third-order valence-corrected chi connectivity index (χ3v) is 11.0. The molecule has 2 aromatic carbocycles. The molecule has 0 radical (unpaired) electrons. The Bertz CT molecular complexity index is 1010. The number of rotatable bonds is 4. The van der Waals surface area contributed by atoms with E-state index in [1.54, 1.807) is 22.3 Å². The van der Waals surface area contributed by atoms with Crippen LogP contribution in [0.5, 0.6) is 0 Å². The molecule has 2 saturated carbocycles. The van der Waals surface area contributed by atoms with Crippen LogP contribution in [-0.4, -0.2) is 50.1 Å². The molecule has 2 nitrogen and oxygen atoms in total. The highest BCUT2D eigenvalue weighted by Gasteiger charge is 2.34. The van der Waals surface area contributed by atoms with Gasteiger partial charge in [0.25, 0.3) is 0 Å². The average Bonchev–Trinajstić information content (AvgIpc) is 3.26. The third-order valence-electron chi connectivity index (χ3n) is 11.0. The summed E-state index contributed by atoms with van der Waals surface area (Å²) in [5, 5.41) is 0. The van der Waals surface area contributed by atoms with Gasteiger partial charge < -0.3 is 9.80 Å². The molecule has 0 aromatic heterocycles. The van der Waals surface area contributed by atoms with Crippen molar-refractivity contribution in [2.45, 2.75) is 120 Å². The minimum absolute atomic E-state index is 0.734. The fourth-order valence-corrected chi connectivity index (χ4v) is 8.61. The minimum atomic E-state index is 0.734. The van der Waals surface area contributed by atoms with Gasteiger partial charge in [0.05, 0.1) is 0 Å². The largest absolute Gasteiger partial charge is 0.306 e. The lowest BCUT2D eigenvalue weighted by Crippen LogP contribution is -2.37. The molecule has 0 bridgehead atoms. The van der Waals surface area contributed by atoms with E-state index in [4.69, 9.17) is 0 Å². The van der Waals surface area contributed by atoms with Crippen molar-refractivity contribution in [3.8, 4) is 0 Å². The van der Waals surface area contributed by atoms with Crippen LogP contribution >= 0.6 is 0 Å². The van der Waals surface area contributed by atoms with E-state index in [9.17, 15) is 0 Å². The molecular weight excluding hydrogens is 472 g/mol. The van der Waals surface area contributed by atoms with Crippen molar-refractivity contribution in [1.82, 2.24) is 9.80 Å². The van der Waals surface area contributed by atoms with Crippen LogP contribution in [0, 0.1) is 11.8 Å². The molecule has 4 aliphatic rings. The van der Waals surface area contributed by atoms with E-state index in [0.717, 1.165) is 35.8 Å². The van der Waals surface area contributed by atoms with E-state index in [2.05, 4.69) is 86.5 Å². The molecule has 0 spiro atoms. The van der Waals surface area contributed by atoms with Crippen molar-refractivity contribution in [3.63, 3.8) is 0 Å². The Labute approximate surface area is 240 Å². The first kappa shape index (κ1) is 28.9. The third kappa shape index (κ3) is 7.17. The van der Waals surface area contributed by atoms with Crippen LogP contribution in [0.25, 0.3) is 0 Å². The van der Waals surface area contributed by atoms with Crippen LogP contribution < -0.4 is 0 Å². The molecule has 39 heavy (non-hydrogen) atoms. The number of likely N-dealkylation sites (N-methyl/N-ethyl adjacent to an activating group) is 2. The molecule has 2 fully saturated rings. The Morgan fingerprint density at radius 3 is 1.23 bits per heavy atom. The minimum Gasteiger partial charge on any atom is -0.306 e. The first-order valence-electron chi connectivity index (χ1n) is 16.5. The van der Waals surface area contributed by atoms with E-state index in [1.807, 2.05) is 0 Å². The summed E-state index contributed by atoms with van der Waals surface area (Å²) in [7, 11) is 9.00. The maximum atomic E-state index is 2.44. The molecule has 4 atom stereocenters. The molecule has 0 N–H and O–H groups in total. The molecule has 6 rings (SSSR count). The lowest BCUT2D eigenvalue weighted by molar-refractivity contribution is 0.203. The van der Waals surface area contributed by atoms with Crippen molar-refractivity contribution in [3.05, 3.63) is 70.8 Å². The molecule has 0 amide bonds. The summed E-state index contributed by atoms with van der Waals surface area (Å²) >= 11 is 0. The van der Waals surface area contributed by atoms with E-state index in [0.29, 0.717) is 0 Å². The molecule has 2 aromatic rings. The molecule has 214 valence electrons. The Balaban J connectivity index is 0.000000158. The zero-order valence-corrected chi connectivity index (χ0v) is 25.6. The molecule has 2 heteroatoms. The number of nitrogens with zero attached hydrogens (tertiary/aromatic N) is 2. The summed E-state index contributed by atoms with van der Waals surface area (Å²) < 4.78 is 0. The van der Waals surface area contributed by atoms with Gasteiger partial charge in [-0.05, 0) is 125 Å². The van der Waals surface area contributed by atoms with Gasteiger partial charge in [-0.15, -0.1) is 0 Å². The number of hydrogen-bond donors (Lipinski definition) is 0. The standard InChI is InChI=1S/C19H29N.C18H27N/c1-20(2)17-13-16-11-7-8-12-18(16)19(14-17)15-9-5-3-4-6-10-15;1-19(2)16-12-15-10-6-7-11-17(15)18(13-16)14-8-4-3-5-9-14/h7-8,11-12,15,17,19H,3-6,9-10,13-14H2,1-2H3;6-7,10-11,14,16,18H,3-5,8-9,12-13H2,1-2H3. The topological polar surface area (TPSA) is 6.48 Å². The van der Waals surface area contributed by atoms with Crippen LogP contribution in [-0.2, 0) is 12.8 Å². The summed E-state index contributed by atoms with van der Waals surface area (Å²) in [6.45, 7) is 0. The predicted octanol–water partition coefficient (Wildman–Crippen LogP) is 8.84. The van der Waals surface area contributed by atoms with Gasteiger partial charge in [0.2, 0.25) is 0 Å². The SMILES string of the molecule is CN(C)C1Cc2ccccc2C(C2CCCCC2)C1.CN(C)C1Cc2ccccc2C(C2CCCCCC2)C1. The van der Waals surface area contributed by atoms with Gasteiger partial charge in [0.1, 0.15) is 0 Å². The van der Waals surface area contributed by atoms with E-state index in [1.165, 1.54) is 96.3 Å². The summed E-state index contributed by atoms with van der Waals surface area (Å²) in [6, 6.07) is 20.0. The van der Waals surface area contributed by atoms with Crippen LogP contribution in [0.2, 0.25) is 0 Å². The zero-order chi connectivity index (χ0) is 27.2. The first-order valence-corrected chi connectivity index (χ1v) is 16.5. The maximum absolute atomic E-state index is 2.44. The van der Waals surface area contributed by atoms with Gasteiger partial charge >= 0.3 is 0 Å². The number of fused-ring (bicyclic) bond motifs is 2. The lowest BCUT2D eigenvalue weighted by atomic mass is 9.69. The Morgan fingerprint density at radius 1 is 0.487 bits per heavy atom. The van der Waals surface area contributed by atoms with Crippen LogP contribution in [0.15, 0.2) is 48.5 Å². The van der Waals surface area contributed by atoms with Gasteiger partial charge in [-0.2, -0.15) is 0 Å². The smallest absolute Gasteiger partial charge is 0.0136 e. The Morgan fingerprint density at radius 2 is 0.846 bits per heavy atom. The molecule has 4 unspecified atom stereocenters. The summed E-state index contributed by atoms with van der Waals surface area (Å²) in [4.78, 5) is 4.88. The normalized spacial score (nSPS) is 28.3. The second-order valence-corrected chi connectivity index (χ2v) is 13.9. The number of benzene rings is 2.